The number of carbonyl (C=O) groups is 1. The summed E-state index contributed by atoms with van der Waals surface area (Å²) in [5.41, 5.74) is 1.49. The number of nitrogens with zero attached hydrogens (tertiary/aromatic N) is 4. The molecule has 0 spiro atoms. The number of likely N-dealkylation sites (tertiary alicyclic amines) is 1. The zero-order valence-corrected chi connectivity index (χ0v) is 18.2. The summed E-state index contributed by atoms with van der Waals surface area (Å²) in [7, 11) is 2.99. The molecule has 4 rings (SSSR count). The van der Waals surface area contributed by atoms with Crippen LogP contribution in [0.2, 0.25) is 0 Å². The SMILES string of the molecule is COc1ccc(C(=O)N2CCCC2c2nc(CCOCc3ccccc3)no2)c(OC)n1. The summed E-state index contributed by atoms with van der Waals surface area (Å²) in [6.45, 7) is 1.61. The summed E-state index contributed by atoms with van der Waals surface area (Å²) in [6, 6.07) is 13.0. The van der Waals surface area contributed by atoms with E-state index in [0.717, 1.165) is 18.4 Å². The Morgan fingerprint density at radius 2 is 1.97 bits per heavy atom. The molecule has 3 aromatic rings. The molecule has 9 heteroatoms. The van der Waals surface area contributed by atoms with Crippen LogP contribution in [0.15, 0.2) is 47.0 Å². The van der Waals surface area contributed by atoms with Gasteiger partial charge in [0.1, 0.15) is 11.6 Å². The topological polar surface area (TPSA) is 99.8 Å². The maximum atomic E-state index is 13.2. The van der Waals surface area contributed by atoms with Gasteiger partial charge in [0.15, 0.2) is 5.82 Å². The third-order valence-electron chi connectivity index (χ3n) is 5.33. The molecule has 3 heterocycles. The molecule has 9 nitrogen and oxygen atoms in total. The highest BCUT2D eigenvalue weighted by atomic mass is 16.5. The molecule has 32 heavy (non-hydrogen) atoms. The molecule has 1 unspecified atom stereocenters. The number of ether oxygens (including phenoxy) is 3. The van der Waals surface area contributed by atoms with E-state index in [4.69, 9.17) is 18.7 Å². The molecule has 1 aliphatic rings. The van der Waals surface area contributed by atoms with Crippen molar-refractivity contribution in [3.8, 4) is 11.8 Å². The van der Waals surface area contributed by atoms with Gasteiger partial charge in [-0.25, -0.2) is 0 Å². The fraction of sp³-hybridized carbons (Fsp3) is 0.391. The summed E-state index contributed by atoms with van der Waals surface area (Å²) >= 11 is 0. The molecule has 1 aromatic carbocycles. The van der Waals surface area contributed by atoms with Gasteiger partial charge in [0.25, 0.3) is 5.91 Å². The number of aromatic nitrogens is 3. The maximum absolute atomic E-state index is 13.2. The quantitative estimate of drug-likeness (QED) is 0.470. The first-order valence-electron chi connectivity index (χ1n) is 10.5. The second-order valence-corrected chi connectivity index (χ2v) is 7.40. The maximum Gasteiger partial charge on any atom is 0.260 e. The van der Waals surface area contributed by atoms with Crippen LogP contribution < -0.4 is 9.47 Å². The zero-order valence-electron chi connectivity index (χ0n) is 18.2. The molecule has 1 saturated heterocycles. The Hall–Kier alpha value is -3.46. The van der Waals surface area contributed by atoms with Gasteiger partial charge in [0, 0.05) is 19.0 Å². The van der Waals surface area contributed by atoms with Crippen LogP contribution >= 0.6 is 0 Å². The lowest BCUT2D eigenvalue weighted by Gasteiger charge is -2.22. The number of benzene rings is 1. The van der Waals surface area contributed by atoms with Gasteiger partial charge in [-0.2, -0.15) is 9.97 Å². The van der Waals surface area contributed by atoms with Gasteiger partial charge < -0.3 is 23.6 Å². The predicted molar refractivity (Wildman–Crippen MR) is 114 cm³/mol. The number of pyridine rings is 1. The zero-order chi connectivity index (χ0) is 22.3. The number of amides is 1. The van der Waals surface area contributed by atoms with Crippen LogP contribution in [0.25, 0.3) is 0 Å². The van der Waals surface area contributed by atoms with Crippen LogP contribution in [0.1, 0.15) is 46.5 Å². The van der Waals surface area contributed by atoms with Crippen molar-refractivity contribution in [3.05, 3.63) is 65.3 Å². The van der Waals surface area contributed by atoms with Gasteiger partial charge in [0.05, 0.1) is 27.4 Å². The van der Waals surface area contributed by atoms with E-state index in [-0.39, 0.29) is 17.8 Å². The summed E-state index contributed by atoms with van der Waals surface area (Å²) in [6.07, 6.45) is 2.14. The predicted octanol–water partition coefficient (Wildman–Crippen LogP) is 3.22. The van der Waals surface area contributed by atoms with Crippen molar-refractivity contribution in [1.29, 1.82) is 0 Å². The average molecular weight is 438 g/mol. The Morgan fingerprint density at radius 1 is 1.12 bits per heavy atom. The van der Waals surface area contributed by atoms with Gasteiger partial charge in [-0.1, -0.05) is 35.5 Å². The van der Waals surface area contributed by atoms with Crippen molar-refractivity contribution in [2.75, 3.05) is 27.4 Å². The highest BCUT2D eigenvalue weighted by molar-refractivity contribution is 5.96. The summed E-state index contributed by atoms with van der Waals surface area (Å²) < 4.78 is 21.6. The molecule has 0 N–H and O–H groups in total. The summed E-state index contributed by atoms with van der Waals surface area (Å²) in [5, 5.41) is 4.07. The molecular weight excluding hydrogens is 412 g/mol. The van der Waals surface area contributed by atoms with E-state index >= 15 is 0 Å². The van der Waals surface area contributed by atoms with Crippen molar-refractivity contribution in [2.45, 2.75) is 31.9 Å². The van der Waals surface area contributed by atoms with Crippen LogP contribution in [0.5, 0.6) is 11.8 Å². The van der Waals surface area contributed by atoms with E-state index in [2.05, 4.69) is 15.1 Å². The summed E-state index contributed by atoms with van der Waals surface area (Å²) in [4.78, 5) is 23.7. The third kappa shape index (κ3) is 4.88. The Bertz CT molecular complexity index is 1040. The molecule has 2 aromatic heterocycles. The Balaban J connectivity index is 1.38. The van der Waals surface area contributed by atoms with Crippen LogP contribution in [0, 0.1) is 0 Å². The third-order valence-corrected chi connectivity index (χ3v) is 5.33. The molecule has 0 aliphatic carbocycles. The normalized spacial score (nSPS) is 15.7. The number of hydrogen-bond donors (Lipinski definition) is 0. The van der Waals surface area contributed by atoms with Crippen LogP contribution in [-0.4, -0.2) is 53.3 Å². The highest BCUT2D eigenvalue weighted by Gasteiger charge is 2.35. The van der Waals surface area contributed by atoms with Crippen LogP contribution in [-0.2, 0) is 17.8 Å². The number of rotatable bonds is 9. The minimum absolute atomic E-state index is 0.189. The molecular formula is C23H26N4O5. The van der Waals surface area contributed by atoms with Gasteiger partial charge in [-0.15, -0.1) is 0 Å². The van der Waals surface area contributed by atoms with E-state index < -0.39 is 0 Å². The number of hydrogen-bond acceptors (Lipinski definition) is 8. The monoisotopic (exact) mass is 438 g/mol. The molecule has 1 aliphatic heterocycles. The first kappa shape index (κ1) is 21.8. The minimum atomic E-state index is -0.277. The van der Waals surface area contributed by atoms with Gasteiger partial charge >= 0.3 is 0 Å². The van der Waals surface area contributed by atoms with Crippen LogP contribution in [0.3, 0.4) is 0 Å². The molecule has 168 valence electrons. The second kappa shape index (κ2) is 10.2. The van der Waals surface area contributed by atoms with Gasteiger partial charge in [0.2, 0.25) is 17.7 Å². The van der Waals surface area contributed by atoms with Crippen molar-refractivity contribution < 1.29 is 23.5 Å². The fourth-order valence-corrected chi connectivity index (χ4v) is 3.71. The lowest BCUT2D eigenvalue weighted by Crippen LogP contribution is -2.31. The smallest absolute Gasteiger partial charge is 0.260 e. The number of methoxy groups -OCH3 is 2. The van der Waals surface area contributed by atoms with E-state index in [0.29, 0.717) is 49.3 Å². The van der Waals surface area contributed by atoms with Crippen molar-refractivity contribution in [2.24, 2.45) is 0 Å². The van der Waals surface area contributed by atoms with Crippen molar-refractivity contribution >= 4 is 5.91 Å². The van der Waals surface area contributed by atoms with Crippen molar-refractivity contribution in [1.82, 2.24) is 20.0 Å². The molecule has 1 fully saturated rings. The fourth-order valence-electron chi connectivity index (χ4n) is 3.71. The first-order chi connectivity index (χ1) is 15.7. The second-order valence-electron chi connectivity index (χ2n) is 7.40. The van der Waals surface area contributed by atoms with E-state index in [1.54, 1.807) is 17.0 Å². The highest BCUT2D eigenvalue weighted by Crippen LogP contribution is 2.34. The molecule has 0 saturated carbocycles. The van der Waals surface area contributed by atoms with Gasteiger partial charge in [-0.3, -0.25) is 4.79 Å². The Morgan fingerprint density at radius 3 is 2.75 bits per heavy atom. The lowest BCUT2D eigenvalue weighted by atomic mass is 10.2. The molecule has 0 bridgehead atoms. The largest absolute Gasteiger partial charge is 0.481 e. The van der Waals surface area contributed by atoms with Gasteiger partial charge in [-0.05, 0) is 24.5 Å². The average Bonchev–Trinajstić information content (AvgIpc) is 3.51. The summed E-state index contributed by atoms with van der Waals surface area (Å²) in [5.74, 6) is 1.42. The standard InChI is InChI=1S/C23H26N4O5/c1-29-20-11-10-17(21(25-20)30-2)23(28)27-13-6-9-18(27)22-24-19(26-32-22)12-14-31-15-16-7-4-3-5-8-16/h3-5,7-8,10-11,18H,6,9,12-15H2,1-2H3. The number of carbonyl (C=O) groups excluding carboxylic acids is 1. The van der Waals surface area contributed by atoms with E-state index in [9.17, 15) is 4.79 Å². The van der Waals surface area contributed by atoms with Crippen molar-refractivity contribution in [3.63, 3.8) is 0 Å². The Labute approximate surface area is 186 Å². The minimum Gasteiger partial charge on any atom is -0.481 e. The molecule has 1 amide bonds. The lowest BCUT2D eigenvalue weighted by molar-refractivity contribution is 0.0705. The first-order valence-corrected chi connectivity index (χ1v) is 10.5. The van der Waals surface area contributed by atoms with E-state index in [1.165, 1.54) is 14.2 Å². The van der Waals surface area contributed by atoms with E-state index in [1.807, 2.05) is 30.3 Å². The molecule has 1 atom stereocenters. The molecule has 0 radical (unpaired) electrons. The Kier molecular flexibility index (Phi) is 6.96. The van der Waals surface area contributed by atoms with Crippen LogP contribution in [0.4, 0.5) is 0 Å².